The van der Waals surface area contributed by atoms with Crippen LogP contribution < -0.4 is 0 Å². The van der Waals surface area contributed by atoms with Crippen LogP contribution in [-0.4, -0.2) is 38.7 Å². The van der Waals surface area contributed by atoms with Gasteiger partial charge < -0.3 is 14.5 Å². The lowest BCUT2D eigenvalue weighted by Crippen LogP contribution is -2.33. The summed E-state index contributed by atoms with van der Waals surface area (Å²) in [4.78, 5) is 17.5. The smallest absolute Gasteiger partial charge is 0.391 e. The molecule has 128 valence electrons. The Bertz CT molecular complexity index is 760. The third kappa shape index (κ3) is 2.99. The van der Waals surface area contributed by atoms with Crippen molar-refractivity contribution in [3.05, 3.63) is 47.1 Å². The Kier molecular flexibility index (Phi) is 4.04. The van der Waals surface area contributed by atoms with E-state index in [0.717, 1.165) is 11.0 Å². The topological polar surface area (TPSA) is 79.5 Å². The van der Waals surface area contributed by atoms with Gasteiger partial charge in [-0.05, 0) is 18.1 Å². The molecule has 0 radical (unpaired) electrons. The lowest BCUT2D eigenvalue weighted by atomic mass is 9.97. The molecule has 3 rings (SSSR count). The third-order valence-electron chi connectivity index (χ3n) is 3.88. The first-order valence-corrected chi connectivity index (χ1v) is 7.23. The number of halogens is 3. The van der Waals surface area contributed by atoms with E-state index in [-0.39, 0.29) is 30.2 Å². The minimum Gasteiger partial charge on any atom is -0.391 e. The lowest BCUT2D eigenvalue weighted by molar-refractivity contribution is -0.138. The molecule has 2 unspecified atom stereocenters. The van der Waals surface area contributed by atoms with Crippen LogP contribution in [-0.2, 0) is 6.18 Å². The Morgan fingerprint density at radius 3 is 2.71 bits per heavy atom. The fourth-order valence-corrected chi connectivity index (χ4v) is 2.89. The molecule has 1 fully saturated rings. The number of carbonyl (C=O) groups excluding carboxylic acids is 1. The molecule has 0 spiro atoms. The Morgan fingerprint density at radius 1 is 1.38 bits per heavy atom. The van der Waals surface area contributed by atoms with Crippen LogP contribution in [0.2, 0.25) is 0 Å². The quantitative estimate of drug-likeness (QED) is 0.907. The molecule has 2 aromatic rings. The summed E-state index contributed by atoms with van der Waals surface area (Å²) in [6.07, 6.45) is -5.47. The standard InChI is InChI=1S/C15H14F3N3O3/c1-8-19-13(20-24-8)14(23)21-7-9(22)6-12(21)10-4-2-3-5-11(10)15(16,17)18/h2-5,9,12,22H,6-7H2,1H3. The molecule has 2 atom stereocenters. The van der Waals surface area contributed by atoms with Crippen molar-refractivity contribution in [3.8, 4) is 0 Å². The number of alkyl halides is 3. The molecule has 0 saturated carbocycles. The van der Waals surface area contributed by atoms with E-state index in [1.165, 1.54) is 25.1 Å². The highest BCUT2D eigenvalue weighted by molar-refractivity contribution is 5.91. The number of carbonyl (C=O) groups is 1. The summed E-state index contributed by atoms with van der Waals surface area (Å²) in [6, 6.07) is 4.11. The summed E-state index contributed by atoms with van der Waals surface area (Å²) in [5.41, 5.74) is -0.888. The molecule has 1 N–H and O–H groups in total. The van der Waals surface area contributed by atoms with E-state index in [0.29, 0.717) is 0 Å². The molecular formula is C15H14F3N3O3. The zero-order valence-electron chi connectivity index (χ0n) is 12.6. The van der Waals surface area contributed by atoms with Crippen LogP contribution in [0.25, 0.3) is 0 Å². The first kappa shape index (κ1) is 16.4. The molecule has 1 amide bonds. The Balaban J connectivity index is 1.99. The van der Waals surface area contributed by atoms with Crippen LogP contribution in [0.5, 0.6) is 0 Å². The minimum atomic E-state index is -4.55. The third-order valence-corrected chi connectivity index (χ3v) is 3.88. The van der Waals surface area contributed by atoms with Gasteiger partial charge >= 0.3 is 6.18 Å². The second kappa shape index (κ2) is 5.90. The molecule has 1 aliphatic heterocycles. The molecule has 1 aromatic heterocycles. The highest BCUT2D eigenvalue weighted by atomic mass is 19.4. The van der Waals surface area contributed by atoms with Gasteiger partial charge in [-0.1, -0.05) is 23.4 Å². The van der Waals surface area contributed by atoms with Gasteiger partial charge in [0.2, 0.25) is 5.89 Å². The maximum Gasteiger partial charge on any atom is 0.416 e. The summed E-state index contributed by atoms with van der Waals surface area (Å²) < 4.78 is 44.5. The molecule has 1 aromatic carbocycles. The Labute approximate surface area is 134 Å². The number of β-amino-alcohol motifs (C(OH)–C–C–N with tert-alkyl or cyclic N) is 1. The highest BCUT2D eigenvalue weighted by Crippen LogP contribution is 2.40. The van der Waals surface area contributed by atoms with Crippen LogP contribution in [0.15, 0.2) is 28.8 Å². The van der Waals surface area contributed by atoms with Gasteiger partial charge in [-0.25, -0.2) is 0 Å². The number of nitrogens with zero attached hydrogens (tertiary/aromatic N) is 3. The van der Waals surface area contributed by atoms with E-state index < -0.39 is 29.8 Å². The minimum absolute atomic E-state index is 0.00959. The number of aliphatic hydroxyl groups is 1. The maximum absolute atomic E-state index is 13.2. The summed E-state index contributed by atoms with van der Waals surface area (Å²) >= 11 is 0. The number of amides is 1. The number of aromatic nitrogens is 2. The van der Waals surface area contributed by atoms with Crippen LogP contribution in [0.1, 0.15) is 40.1 Å². The van der Waals surface area contributed by atoms with Crippen molar-refractivity contribution in [1.82, 2.24) is 15.0 Å². The molecule has 24 heavy (non-hydrogen) atoms. The zero-order valence-corrected chi connectivity index (χ0v) is 12.6. The normalized spacial score (nSPS) is 21.3. The number of aryl methyl sites for hydroxylation is 1. The van der Waals surface area contributed by atoms with E-state index in [1.54, 1.807) is 0 Å². The van der Waals surface area contributed by atoms with E-state index >= 15 is 0 Å². The van der Waals surface area contributed by atoms with E-state index in [1.807, 2.05) is 0 Å². The predicted molar refractivity (Wildman–Crippen MR) is 74.9 cm³/mol. The van der Waals surface area contributed by atoms with Crippen LogP contribution >= 0.6 is 0 Å². The number of rotatable bonds is 2. The van der Waals surface area contributed by atoms with Gasteiger partial charge in [-0.15, -0.1) is 0 Å². The van der Waals surface area contributed by atoms with E-state index in [4.69, 9.17) is 4.52 Å². The summed E-state index contributed by atoms with van der Waals surface area (Å²) in [6.45, 7) is 1.41. The lowest BCUT2D eigenvalue weighted by Gasteiger charge is -2.26. The van der Waals surface area contributed by atoms with Crippen molar-refractivity contribution in [1.29, 1.82) is 0 Å². The van der Waals surface area contributed by atoms with Gasteiger partial charge in [0.25, 0.3) is 11.7 Å². The van der Waals surface area contributed by atoms with Gasteiger partial charge in [0.05, 0.1) is 17.7 Å². The van der Waals surface area contributed by atoms with Crippen molar-refractivity contribution in [2.75, 3.05) is 6.54 Å². The van der Waals surface area contributed by atoms with Crippen molar-refractivity contribution >= 4 is 5.91 Å². The van der Waals surface area contributed by atoms with Crippen molar-refractivity contribution < 1.29 is 27.6 Å². The first-order chi connectivity index (χ1) is 11.3. The summed E-state index contributed by atoms with van der Waals surface area (Å²) in [5, 5.41) is 13.4. The number of hydrogen-bond acceptors (Lipinski definition) is 5. The maximum atomic E-state index is 13.2. The molecule has 9 heteroatoms. The highest BCUT2D eigenvalue weighted by Gasteiger charge is 2.42. The molecule has 0 bridgehead atoms. The monoisotopic (exact) mass is 341 g/mol. The largest absolute Gasteiger partial charge is 0.416 e. The van der Waals surface area contributed by atoms with Gasteiger partial charge in [0.1, 0.15) is 0 Å². The molecule has 1 aliphatic rings. The zero-order chi connectivity index (χ0) is 17.5. The molecule has 0 aliphatic carbocycles. The van der Waals surface area contributed by atoms with E-state index in [2.05, 4.69) is 10.1 Å². The number of likely N-dealkylation sites (tertiary alicyclic amines) is 1. The van der Waals surface area contributed by atoms with Crippen LogP contribution in [0.4, 0.5) is 13.2 Å². The van der Waals surface area contributed by atoms with Crippen molar-refractivity contribution in [2.45, 2.75) is 31.7 Å². The predicted octanol–water partition coefficient (Wildman–Crippen LogP) is 2.34. The first-order valence-electron chi connectivity index (χ1n) is 7.23. The molecule has 2 heterocycles. The Hall–Kier alpha value is -2.42. The second-order valence-corrected chi connectivity index (χ2v) is 5.58. The fourth-order valence-electron chi connectivity index (χ4n) is 2.89. The van der Waals surface area contributed by atoms with Gasteiger partial charge in [-0.3, -0.25) is 4.79 Å². The average molecular weight is 341 g/mol. The number of hydrogen-bond donors (Lipinski definition) is 1. The SMILES string of the molecule is Cc1nc(C(=O)N2CC(O)CC2c2ccccc2C(F)(F)F)no1. The number of benzene rings is 1. The summed E-state index contributed by atoms with van der Waals surface area (Å²) in [7, 11) is 0. The molecule has 6 nitrogen and oxygen atoms in total. The van der Waals surface area contributed by atoms with Gasteiger partial charge in [0, 0.05) is 13.5 Å². The van der Waals surface area contributed by atoms with Gasteiger partial charge in [-0.2, -0.15) is 18.2 Å². The molecular weight excluding hydrogens is 327 g/mol. The fraction of sp³-hybridized carbons (Fsp3) is 0.400. The molecule has 1 saturated heterocycles. The summed E-state index contributed by atoms with van der Waals surface area (Å²) in [5.74, 6) is -0.744. The number of aliphatic hydroxyl groups excluding tert-OH is 1. The second-order valence-electron chi connectivity index (χ2n) is 5.58. The van der Waals surface area contributed by atoms with Gasteiger partial charge in [0.15, 0.2) is 0 Å². The van der Waals surface area contributed by atoms with Crippen molar-refractivity contribution in [3.63, 3.8) is 0 Å². The Morgan fingerprint density at radius 2 is 2.08 bits per heavy atom. The van der Waals surface area contributed by atoms with Crippen LogP contribution in [0, 0.1) is 6.92 Å². The van der Waals surface area contributed by atoms with Crippen molar-refractivity contribution in [2.24, 2.45) is 0 Å². The van der Waals surface area contributed by atoms with Crippen LogP contribution in [0.3, 0.4) is 0 Å². The average Bonchev–Trinajstić information content (AvgIpc) is 3.12. The van der Waals surface area contributed by atoms with E-state index in [9.17, 15) is 23.1 Å².